The zero-order valence-corrected chi connectivity index (χ0v) is 10.1. The Bertz CT molecular complexity index is 896. The summed E-state index contributed by atoms with van der Waals surface area (Å²) in [5, 5.41) is 0. The summed E-state index contributed by atoms with van der Waals surface area (Å²) in [5.74, 6) is -1.29. The van der Waals surface area contributed by atoms with E-state index >= 15 is 0 Å². The minimum atomic E-state index is -0.672. The van der Waals surface area contributed by atoms with Gasteiger partial charge in [0.25, 0.3) is 5.56 Å². The summed E-state index contributed by atoms with van der Waals surface area (Å²) in [6, 6.07) is 2.96. The molecule has 0 aliphatic rings. The Kier molecular flexibility index (Phi) is 2.53. The highest BCUT2D eigenvalue weighted by Crippen LogP contribution is 2.18. The van der Waals surface area contributed by atoms with Crippen molar-refractivity contribution in [1.29, 1.82) is 0 Å². The zero-order valence-electron chi connectivity index (χ0n) is 9.28. The summed E-state index contributed by atoms with van der Waals surface area (Å²) < 4.78 is 28.2. The SMILES string of the molecule is O=c1[nH]c(=S)n(-c2cc(F)ccc2F)c2nc[nH]c12. The van der Waals surface area contributed by atoms with E-state index < -0.39 is 17.2 Å². The fraction of sp³-hybridized carbons (Fsp3) is 0. The Labute approximate surface area is 109 Å². The second-order valence-electron chi connectivity index (χ2n) is 3.79. The number of benzene rings is 1. The molecule has 0 saturated carbocycles. The second kappa shape index (κ2) is 4.09. The van der Waals surface area contributed by atoms with Gasteiger partial charge in [0.15, 0.2) is 10.4 Å². The van der Waals surface area contributed by atoms with Crippen LogP contribution in [-0.4, -0.2) is 19.5 Å². The first-order chi connectivity index (χ1) is 9.08. The number of imidazole rings is 1. The van der Waals surface area contributed by atoms with Gasteiger partial charge < -0.3 is 4.98 Å². The molecular weight excluding hydrogens is 274 g/mol. The maximum Gasteiger partial charge on any atom is 0.277 e. The number of H-pyrrole nitrogens is 2. The quantitative estimate of drug-likeness (QED) is 0.670. The number of hydrogen-bond donors (Lipinski definition) is 2. The van der Waals surface area contributed by atoms with Crippen LogP contribution in [0.5, 0.6) is 0 Å². The fourth-order valence-corrected chi connectivity index (χ4v) is 2.09. The number of aromatic amines is 2. The molecule has 0 spiro atoms. The van der Waals surface area contributed by atoms with E-state index in [9.17, 15) is 13.6 Å². The zero-order chi connectivity index (χ0) is 13.6. The van der Waals surface area contributed by atoms with Crippen LogP contribution in [-0.2, 0) is 0 Å². The van der Waals surface area contributed by atoms with E-state index in [1.807, 2.05) is 0 Å². The van der Waals surface area contributed by atoms with Crippen molar-refractivity contribution in [1.82, 2.24) is 19.5 Å². The Morgan fingerprint density at radius 2 is 2.11 bits per heavy atom. The maximum absolute atomic E-state index is 13.8. The van der Waals surface area contributed by atoms with Crippen LogP contribution in [0.25, 0.3) is 16.9 Å². The van der Waals surface area contributed by atoms with Crippen molar-refractivity contribution in [2.75, 3.05) is 0 Å². The van der Waals surface area contributed by atoms with Crippen molar-refractivity contribution in [3.05, 3.63) is 51.3 Å². The molecule has 0 radical (unpaired) electrons. The molecule has 96 valence electrons. The molecule has 0 aliphatic carbocycles. The van der Waals surface area contributed by atoms with Gasteiger partial charge in [-0.05, 0) is 24.4 Å². The maximum atomic E-state index is 13.8. The van der Waals surface area contributed by atoms with Gasteiger partial charge in [-0.3, -0.25) is 14.3 Å². The minimum Gasteiger partial charge on any atom is -0.339 e. The topological polar surface area (TPSA) is 66.5 Å². The molecule has 0 unspecified atom stereocenters. The summed E-state index contributed by atoms with van der Waals surface area (Å²) in [4.78, 5) is 20.5. The van der Waals surface area contributed by atoms with Gasteiger partial charge in [-0.2, -0.15) is 0 Å². The number of hydrogen-bond acceptors (Lipinski definition) is 3. The number of nitrogens with zero attached hydrogens (tertiary/aromatic N) is 2. The van der Waals surface area contributed by atoms with Crippen molar-refractivity contribution < 1.29 is 8.78 Å². The summed E-state index contributed by atoms with van der Waals surface area (Å²) in [7, 11) is 0. The monoisotopic (exact) mass is 280 g/mol. The minimum absolute atomic E-state index is 0.0610. The van der Waals surface area contributed by atoms with Crippen LogP contribution in [0.4, 0.5) is 8.78 Å². The largest absolute Gasteiger partial charge is 0.339 e. The van der Waals surface area contributed by atoms with Crippen LogP contribution in [0.1, 0.15) is 0 Å². The van der Waals surface area contributed by atoms with Crippen LogP contribution < -0.4 is 5.56 Å². The lowest BCUT2D eigenvalue weighted by Crippen LogP contribution is -2.14. The first kappa shape index (κ1) is 11.7. The summed E-state index contributed by atoms with van der Waals surface area (Å²) in [5.41, 5.74) is -0.306. The molecule has 3 aromatic rings. The molecule has 0 atom stereocenters. The molecule has 0 aliphatic heterocycles. The van der Waals surface area contributed by atoms with E-state index in [0.717, 1.165) is 18.2 Å². The van der Waals surface area contributed by atoms with Gasteiger partial charge in [0.05, 0.1) is 12.0 Å². The number of halogens is 2. The standard InChI is InChI=1S/C11H6F2N4OS/c12-5-1-2-6(13)7(3-5)17-9-8(14-4-15-9)10(18)16-11(17)19/h1-4H,(H,14,15)(H,16,18,19). The lowest BCUT2D eigenvalue weighted by molar-refractivity contribution is 0.592. The van der Waals surface area contributed by atoms with Crippen molar-refractivity contribution >= 4 is 23.4 Å². The van der Waals surface area contributed by atoms with E-state index in [1.165, 1.54) is 10.9 Å². The Hall–Kier alpha value is -2.35. The van der Waals surface area contributed by atoms with Crippen LogP contribution in [0.3, 0.4) is 0 Å². The Morgan fingerprint density at radius 3 is 2.89 bits per heavy atom. The predicted octanol–water partition coefficient (Wildman–Crippen LogP) is 2.05. The lowest BCUT2D eigenvalue weighted by Gasteiger charge is -2.08. The third-order valence-corrected chi connectivity index (χ3v) is 2.92. The van der Waals surface area contributed by atoms with Crippen LogP contribution in [0.2, 0.25) is 0 Å². The van der Waals surface area contributed by atoms with E-state index in [0.29, 0.717) is 0 Å². The first-order valence-electron chi connectivity index (χ1n) is 5.22. The molecule has 2 heterocycles. The molecular formula is C11H6F2N4OS. The van der Waals surface area contributed by atoms with Gasteiger partial charge in [0.1, 0.15) is 17.2 Å². The lowest BCUT2D eigenvalue weighted by atomic mass is 10.3. The van der Waals surface area contributed by atoms with E-state index in [-0.39, 0.29) is 21.6 Å². The van der Waals surface area contributed by atoms with Gasteiger partial charge in [-0.1, -0.05) is 0 Å². The molecule has 2 aromatic heterocycles. The second-order valence-corrected chi connectivity index (χ2v) is 4.18. The number of aromatic nitrogens is 4. The van der Waals surface area contributed by atoms with E-state index in [4.69, 9.17) is 12.2 Å². The molecule has 0 amide bonds. The van der Waals surface area contributed by atoms with Crippen molar-refractivity contribution in [3.63, 3.8) is 0 Å². The highest BCUT2D eigenvalue weighted by molar-refractivity contribution is 7.71. The molecule has 0 saturated heterocycles. The molecule has 3 rings (SSSR count). The highest BCUT2D eigenvalue weighted by atomic mass is 32.1. The van der Waals surface area contributed by atoms with Gasteiger partial charge in [-0.25, -0.2) is 13.8 Å². The molecule has 0 fully saturated rings. The number of nitrogens with one attached hydrogen (secondary N) is 2. The number of rotatable bonds is 1. The summed E-state index contributed by atoms with van der Waals surface area (Å²) in [6.07, 6.45) is 1.28. The van der Waals surface area contributed by atoms with E-state index in [1.54, 1.807) is 0 Å². The molecule has 5 nitrogen and oxygen atoms in total. The van der Waals surface area contributed by atoms with Gasteiger partial charge in [-0.15, -0.1) is 0 Å². The summed E-state index contributed by atoms with van der Waals surface area (Å²) in [6.45, 7) is 0. The van der Waals surface area contributed by atoms with Crippen LogP contribution >= 0.6 is 12.2 Å². The van der Waals surface area contributed by atoms with E-state index in [2.05, 4.69) is 15.0 Å². The average molecular weight is 280 g/mol. The number of fused-ring (bicyclic) bond motifs is 1. The normalized spacial score (nSPS) is 11.1. The van der Waals surface area contributed by atoms with Gasteiger partial charge in [0.2, 0.25) is 0 Å². The third-order valence-electron chi connectivity index (χ3n) is 2.63. The Morgan fingerprint density at radius 1 is 1.32 bits per heavy atom. The van der Waals surface area contributed by atoms with Crippen LogP contribution in [0.15, 0.2) is 29.3 Å². The Balaban J connectivity index is 2.49. The highest BCUT2D eigenvalue weighted by Gasteiger charge is 2.13. The molecule has 0 bridgehead atoms. The van der Waals surface area contributed by atoms with Gasteiger partial charge in [0, 0.05) is 6.07 Å². The smallest absolute Gasteiger partial charge is 0.277 e. The fourth-order valence-electron chi connectivity index (χ4n) is 1.82. The van der Waals surface area contributed by atoms with Crippen molar-refractivity contribution in [2.45, 2.75) is 0 Å². The predicted molar refractivity (Wildman–Crippen MR) is 66.8 cm³/mol. The average Bonchev–Trinajstić information content (AvgIpc) is 2.83. The third kappa shape index (κ3) is 1.76. The molecule has 1 aromatic carbocycles. The van der Waals surface area contributed by atoms with Gasteiger partial charge >= 0.3 is 0 Å². The molecule has 8 heteroatoms. The van der Waals surface area contributed by atoms with Crippen molar-refractivity contribution in [2.24, 2.45) is 0 Å². The van der Waals surface area contributed by atoms with Crippen LogP contribution in [0, 0.1) is 16.4 Å². The molecule has 2 N–H and O–H groups in total. The molecule has 19 heavy (non-hydrogen) atoms. The van der Waals surface area contributed by atoms with Crippen molar-refractivity contribution in [3.8, 4) is 5.69 Å². The first-order valence-corrected chi connectivity index (χ1v) is 5.62. The summed E-state index contributed by atoms with van der Waals surface area (Å²) >= 11 is 4.98.